The van der Waals surface area contributed by atoms with Crippen LogP contribution >= 0.6 is 0 Å². The summed E-state index contributed by atoms with van der Waals surface area (Å²) in [6.07, 6.45) is 4.71. The third-order valence-corrected chi connectivity index (χ3v) is 17.3. The van der Waals surface area contributed by atoms with Crippen LogP contribution in [0.1, 0.15) is 41.5 Å². The van der Waals surface area contributed by atoms with Gasteiger partial charge in [0, 0.05) is 0 Å². The van der Waals surface area contributed by atoms with E-state index in [-0.39, 0.29) is 10.1 Å². The van der Waals surface area contributed by atoms with Gasteiger partial charge in [-0.15, -0.1) is 0 Å². The van der Waals surface area contributed by atoms with Crippen molar-refractivity contribution in [2.75, 3.05) is 0 Å². The van der Waals surface area contributed by atoms with E-state index in [2.05, 4.69) is 99.5 Å². The van der Waals surface area contributed by atoms with Crippen LogP contribution in [0.25, 0.3) is 0 Å². The van der Waals surface area contributed by atoms with Crippen molar-refractivity contribution in [1.29, 1.82) is 0 Å². The Balaban J connectivity index is 3.22. The summed E-state index contributed by atoms with van der Waals surface area (Å²) in [5.74, 6) is 2.03. The molecular formula is C20H42O2Si3. The standard InChI is InChI=1S/C20H42O2Si3/c1-19(2,3)24(10,11)21-17-14-16(23(7,8)9)15-18(17)22-25(12,13)20(4,5)6/h14-16H,1-13H3. The van der Waals surface area contributed by atoms with E-state index in [0.29, 0.717) is 5.54 Å². The largest absolute Gasteiger partial charge is 0.541 e. The molecule has 1 rings (SSSR count). The van der Waals surface area contributed by atoms with Crippen LogP contribution in [0.4, 0.5) is 0 Å². The minimum atomic E-state index is -1.88. The monoisotopic (exact) mass is 398 g/mol. The molecule has 0 spiro atoms. The Kier molecular flexibility index (Phi) is 6.12. The highest BCUT2D eigenvalue weighted by molar-refractivity contribution is 6.79. The quantitative estimate of drug-likeness (QED) is 0.446. The number of rotatable bonds is 5. The van der Waals surface area contributed by atoms with Crippen molar-refractivity contribution < 1.29 is 8.85 Å². The Morgan fingerprint density at radius 1 is 0.640 bits per heavy atom. The Bertz CT molecular complexity index is 509. The SMILES string of the molecule is CC(C)(C)[Si](C)(C)OC1=CC([Si](C)(C)C)C=C1O[Si](C)(C)C(C)(C)C. The van der Waals surface area contributed by atoms with Crippen LogP contribution in [0, 0.1) is 0 Å². The molecule has 0 unspecified atom stereocenters. The molecule has 0 saturated heterocycles. The fraction of sp³-hybridized carbons (Fsp3) is 0.800. The molecule has 146 valence electrons. The molecule has 5 heteroatoms. The van der Waals surface area contributed by atoms with Crippen LogP contribution in [-0.4, -0.2) is 24.7 Å². The Morgan fingerprint density at radius 3 is 1.12 bits per heavy atom. The summed E-state index contributed by atoms with van der Waals surface area (Å²) >= 11 is 0. The number of hydrogen-bond donors (Lipinski definition) is 0. The summed E-state index contributed by atoms with van der Waals surface area (Å²) in [7, 11) is -5.09. The van der Waals surface area contributed by atoms with E-state index < -0.39 is 24.7 Å². The topological polar surface area (TPSA) is 18.5 Å². The van der Waals surface area contributed by atoms with Gasteiger partial charge in [0.15, 0.2) is 0 Å². The molecular weight excluding hydrogens is 356 g/mol. The first-order valence-corrected chi connectivity index (χ1v) is 19.0. The van der Waals surface area contributed by atoms with Gasteiger partial charge in [-0.3, -0.25) is 0 Å². The third-order valence-electron chi connectivity index (χ3n) is 6.25. The maximum absolute atomic E-state index is 6.71. The molecule has 0 bridgehead atoms. The molecule has 0 aromatic carbocycles. The van der Waals surface area contributed by atoms with Crippen LogP contribution in [-0.2, 0) is 8.85 Å². The van der Waals surface area contributed by atoms with E-state index in [1.807, 2.05) is 0 Å². The van der Waals surface area contributed by atoms with Gasteiger partial charge in [0.25, 0.3) is 16.6 Å². The van der Waals surface area contributed by atoms with Gasteiger partial charge in [-0.1, -0.05) is 61.2 Å². The highest BCUT2D eigenvalue weighted by atomic mass is 28.4. The first-order chi connectivity index (χ1) is 10.8. The van der Waals surface area contributed by atoms with Gasteiger partial charge < -0.3 is 8.85 Å². The molecule has 0 N–H and O–H groups in total. The second-order valence-electron chi connectivity index (χ2n) is 11.7. The zero-order valence-corrected chi connectivity index (χ0v) is 22.0. The van der Waals surface area contributed by atoms with Crippen LogP contribution in [0.5, 0.6) is 0 Å². The van der Waals surface area contributed by atoms with Gasteiger partial charge >= 0.3 is 0 Å². The summed E-state index contributed by atoms with van der Waals surface area (Å²) in [4.78, 5) is 0. The third kappa shape index (κ3) is 5.36. The van der Waals surface area contributed by atoms with Crippen molar-refractivity contribution in [3.63, 3.8) is 0 Å². The lowest BCUT2D eigenvalue weighted by Gasteiger charge is -2.40. The lowest BCUT2D eigenvalue weighted by molar-refractivity contribution is 0.317. The van der Waals surface area contributed by atoms with Crippen molar-refractivity contribution in [2.45, 2.75) is 103 Å². The van der Waals surface area contributed by atoms with E-state index in [1.54, 1.807) is 0 Å². The number of allylic oxidation sites excluding steroid dienone is 2. The summed E-state index contributed by atoms with van der Waals surface area (Å²) < 4.78 is 13.4. The Labute approximate surface area is 160 Å². The summed E-state index contributed by atoms with van der Waals surface area (Å²) in [6.45, 7) is 30.3. The van der Waals surface area contributed by atoms with Crippen molar-refractivity contribution in [3.05, 3.63) is 23.7 Å². The zero-order chi connectivity index (χ0) is 20.1. The maximum Gasteiger partial charge on any atom is 0.250 e. The highest BCUT2D eigenvalue weighted by Gasteiger charge is 2.44. The van der Waals surface area contributed by atoms with Crippen LogP contribution < -0.4 is 0 Å². The molecule has 0 aromatic rings. The second kappa shape index (κ2) is 6.72. The first-order valence-electron chi connectivity index (χ1n) is 9.60. The smallest absolute Gasteiger partial charge is 0.250 e. The molecule has 0 fully saturated rings. The van der Waals surface area contributed by atoms with Crippen molar-refractivity contribution in [3.8, 4) is 0 Å². The van der Waals surface area contributed by atoms with Gasteiger partial charge in [0.1, 0.15) is 11.5 Å². The molecule has 0 atom stereocenters. The molecule has 2 nitrogen and oxygen atoms in total. The predicted octanol–water partition coefficient (Wildman–Crippen LogP) is 7.52. The molecule has 0 heterocycles. The summed E-state index contributed by atoms with van der Waals surface area (Å²) in [5.41, 5.74) is 0.493. The minimum Gasteiger partial charge on any atom is -0.541 e. The molecule has 1 aliphatic carbocycles. The Hall–Kier alpha value is -0.269. The lowest BCUT2D eigenvalue weighted by atomic mass is 10.2. The summed E-state index contributed by atoms with van der Waals surface area (Å²) in [5, 5.41) is 0.375. The van der Waals surface area contributed by atoms with E-state index in [9.17, 15) is 0 Å². The second-order valence-corrected chi connectivity index (χ2v) is 26.5. The Morgan fingerprint density at radius 2 is 0.920 bits per heavy atom. The zero-order valence-electron chi connectivity index (χ0n) is 19.0. The van der Waals surface area contributed by atoms with Crippen molar-refractivity contribution >= 4 is 24.7 Å². The molecule has 1 aliphatic rings. The fourth-order valence-electron chi connectivity index (χ4n) is 2.06. The molecule has 0 radical (unpaired) electrons. The van der Waals surface area contributed by atoms with E-state index in [1.165, 1.54) is 0 Å². The van der Waals surface area contributed by atoms with Gasteiger partial charge in [-0.05, 0) is 54.0 Å². The average Bonchev–Trinajstić information content (AvgIpc) is 2.67. The number of hydrogen-bond acceptors (Lipinski definition) is 2. The maximum atomic E-state index is 6.71. The highest BCUT2D eigenvalue weighted by Crippen LogP contribution is 2.46. The van der Waals surface area contributed by atoms with Crippen LogP contribution in [0.15, 0.2) is 23.7 Å². The molecule has 25 heavy (non-hydrogen) atoms. The van der Waals surface area contributed by atoms with E-state index >= 15 is 0 Å². The summed E-state index contributed by atoms with van der Waals surface area (Å²) in [6, 6.07) is 0. The average molecular weight is 399 g/mol. The minimum absolute atomic E-state index is 0.188. The molecule has 0 saturated carbocycles. The van der Waals surface area contributed by atoms with Gasteiger partial charge in [0.05, 0.1) is 8.07 Å². The predicted molar refractivity (Wildman–Crippen MR) is 120 cm³/mol. The van der Waals surface area contributed by atoms with E-state index in [0.717, 1.165) is 11.5 Å². The van der Waals surface area contributed by atoms with E-state index in [4.69, 9.17) is 8.85 Å². The lowest BCUT2D eigenvalue weighted by Crippen LogP contribution is -2.43. The van der Waals surface area contributed by atoms with Crippen molar-refractivity contribution in [1.82, 2.24) is 0 Å². The normalized spacial score (nSPS) is 18.1. The van der Waals surface area contributed by atoms with Gasteiger partial charge in [-0.2, -0.15) is 0 Å². The molecule has 0 aromatic heterocycles. The van der Waals surface area contributed by atoms with Crippen molar-refractivity contribution in [2.24, 2.45) is 0 Å². The molecule has 0 amide bonds. The van der Waals surface area contributed by atoms with Gasteiger partial charge in [-0.25, -0.2) is 0 Å². The van der Waals surface area contributed by atoms with Crippen LogP contribution in [0.2, 0.25) is 61.4 Å². The fourth-order valence-corrected chi connectivity index (χ4v) is 5.42. The first kappa shape index (κ1) is 22.8. The van der Waals surface area contributed by atoms with Gasteiger partial charge in [0.2, 0.25) is 0 Å². The van der Waals surface area contributed by atoms with Crippen LogP contribution in [0.3, 0.4) is 0 Å². The molecule has 0 aliphatic heterocycles.